The molecule has 1 radical (unpaired) electrons. The molecule has 0 fully saturated rings. The molecule has 0 aliphatic rings. The van der Waals surface area contributed by atoms with Gasteiger partial charge in [-0.2, -0.15) is 0 Å². The van der Waals surface area contributed by atoms with Crippen LogP contribution in [0.15, 0.2) is 18.2 Å². The summed E-state index contributed by atoms with van der Waals surface area (Å²) < 4.78 is 0. The molecule has 8 heteroatoms. The third-order valence-corrected chi connectivity index (χ3v) is 1.67. The summed E-state index contributed by atoms with van der Waals surface area (Å²) in [5.41, 5.74) is -1.10. The normalized spacial score (nSPS) is 8.47. The Morgan fingerprint density at radius 2 is 0.882 bits per heavy atom. The molecule has 0 spiro atoms. The van der Waals surface area contributed by atoms with Crippen LogP contribution in [-0.4, -0.2) is 33.2 Å². The minimum Gasteiger partial charge on any atom is -0.478 e. The molecule has 17 heavy (non-hydrogen) atoms. The first kappa shape index (κ1) is 18.1. The molecular formula is C9H6CoO6Zn. The topological polar surface area (TPSA) is 112 Å². The first-order valence-electron chi connectivity index (χ1n) is 3.77. The van der Waals surface area contributed by atoms with Crippen LogP contribution in [0.4, 0.5) is 0 Å². The Labute approximate surface area is 119 Å². The van der Waals surface area contributed by atoms with E-state index in [0.29, 0.717) is 0 Å². The molecule has 1 rings (SSSR count). The summed E-state index contributed by atoms with van der Waals surface area (Å²) in [6.45, 7) is 0. The van der Waals surface area contributed by atoms with Crippen molar-refractivity contribution in [3.8, 4) is 0 Å². The number of carboxylic acid groups (broad SMARTS) is 3. The number of carbonyl (C=O) groups is 3. The standard InChI is InChI=1S/C9H6O6.Co.Zn/c10-7(11)4-1-5(8(12)13)3-6(2-4)9(14)15;;/h1-3H,(H,10,11)(H,12,13)(H,14,15);;. The number of hydrogen-bond acceptors (Lipinski definition) is 3. The van der Waals surface area contributed by atoms with Crippen molar-refractivity contribution in [3.63, 3.8) is 0 Å². The smallest absolute Gasteiger partial charge is 0.335 e. The molecule has 0 aliphatic heterocycles. The molecule has 1 aromatic carbocycles. The number of benzene rings is 1. The van der Waals surface area contributed by atoms with E-state index in [1.54, 1.807) is 0 Å². The summed E-state index contributed by atoms with van der Waals surface area (Å²) >= 11 is 0. The van der Waals surface area contributed by atoms with Crippen molar-refractivity contribution in [1.82, 2.24) is 0 Å². The van der Waals surface area contributed by atoms with Gasteiger partial charge >= 0.3 is 17.9 Å². The largest absolute Gasteiger partial charge is 0.478 e. The van der Waals surface area contributed by atoms with Crippen molar-refractivity contribution in [2.75, 3.05) is 0 Å². The zero-order chi connectivity index (χ0) is 11.6. The zero-order valence-corrected chi connectivity index (χ0v) is 12.3. The fraction of sp³-hybridized carbons (Fsp3) is 0. The van der Waals surface area contributed by atoms with Gasteiger partial charge in [-0.05, 0) is 18.2 Å². The van der Waals surface area contributed by atoms with Gasteiger partial charge in [0, 0.05) is 36.3 Å². The molecule has 0 unspecified atom stereocenters. The molecule has 89 valence electrons. The Bertz CT molecular complexity index is 380. The Hall–Kier alpha value is -1.24. The second-order valence-electron chi connectivity index (χ2n) is 2.71. The molecule has 0 saturated heterocycles. The van der Waals surface area contributed by atoms with E-state index in [2.05, 4.69) is 0 Å². The first-order valence-corrected chi connectivity index (χ1v) is 3.77. The van der Waals surface area contributed by atoms with Gasteiger partial charge in [0.05, 0.1) is 16.7 Å². The minimum atomic E-state index is -1.37. The first-order chi connectivity index (χ1) is 6.91. The predicted molar refractivity (Wildman–Crippen MR) is 47.3 cm³/mol. The average molecular weight is 334 g/mol. The van der Waals surface area contributed by atoms with Crippen LogP contribution in [0, 0.1) is 0 Å². The van der Waals surface area contributed by atoms with E-state index in [1.807, 2.05) is 0 Å². The summed E-state index contributed by atoms with van der Waals surface area (Å²) in [4.78, 5) is 31.7. The third-order valence-electron chi connectivity index (χ3n) is 1.67. The Balaban J connectivity index is 0. The fourth-order valence-corrected chi connectivity index (χ4v) is 0.998. The van der Waals surface area contributed by atoms with E-state index in [9.17, 15) is 14.4 Å². The van der Waals surface area contributed by atoms with Crippen LogP contribution in [0.3, 0.4) is 0 Å². The molecule has 0 saturated carbocycles. The van der Waals surface area contributed by atoms with Crippen LogP contribution < -0.4 is 0 Å². The van der Waals surface area contributed by atoms with E-state index in [1.165, 1.54) is 0 Å². The van der Waals surface area contributed by atoms with Gasteiger partial charge in [0.2, 0.25) is 0 Å². The van der Waals surface area contributed by atoms with Crippen LogP contribution in [0.25, 0.3) is 0 Å². The van der Waals surface area contributed by atoms with Gasteiger partial charge in [0.15, 0.2) is 0 Å². The quantitative estimate of drug-likeness (QED) is 0.704. The van der Waals surface area contributed by atoms with Crippen LogP contribution in [-0.2, 0) is 36.3 Å². The molecule has 3 N–H and O–H groups in total. The maximum Gasteiger partial charge on any atom is 0.335 e. The van der Waals surface area contributed by atoms with Gasteiger partial charge in [-0.3, -0.25) is 0 Å². The molecule has 0 bridgehead atoms. The van der Waals surface area contributed by atoms with Crippen molar-refractivity contribution in [2.45, 2.75) is 0 Å². The van der Waals surface area contributed by atoms with Crippen molar-refractivity contribution in [1.29, 1.82) is 0 Å². The maximum atomic E-state index is 10.6. The fourth-order valence-electron chi connectivity index (χ4n) is 0.998. The van der Waals surface area contributed by atoms with Crippen molar-refractivity contribution in [2.24, 2.45) is 0 Å². The van der Waals surface area contributed by atoms with Gasteiger partial charge in [-0.15, -0.1) is 0 Å². The Kier molecular flexibility index (Phi) is 7.63. The molecule has 0 atom stereocenters. The van der Waals surface area contributed by atoms with Gasteiger partial charge in [0.25, 0.3) is 0 Å². The van der Waals surface area contributed by atoms with Crippen LogP contribution in [0.2, 0.25) is 0 Å². The van der Waals surface area contributed by atoms with Crippen molar-refractivity contribution >= 4 is 17.9 Å². The molecule has 0 amide bonds. The predicted octanol–water partition coefficient (Wildman–Crippen LogP) is 0.776. The number of carboxylic acids is 3. The second-order valence-corrected chi connectivity index (χ2v) is 2.71. The summed E-state index contributed by atoms with van der Waals surface area (Å²) in [5, 5.41) is 25.8. The SMILES string of the molecule is O=C(O)c1cc(C(=O)O)cc(C(=O)O)c1.[Co].[Zn]. The average Bonchev–Trinajstić information content (AvgIpc) is 2.16. The minimum absolute atomic E-state index is 0. The zero-order valence-electron chi connectivity index (χ0n) is 8.34. The number of hydrogen-bond donors (Lipinski definition) is 3. The summed E-state index contributed by atoms with van der Waals surface area (Å²) in [7, 11) is 0. The van der Waals surface area contributed by atoms with Gasteiger partial charge < -0.3 is 15.3 Å². The molecule has 6 nitrogen and oxygen atoms in total. The van der Waals surface area contributed by atoms with E-state index in [4.69, 9.17) is 15.3 Å². The second kappa shape index (κ2) is 7.16. The van der Waals surface area contributed by atoms with E-state index < -0.39 is 17.9 Å². The maximum absolute atomic E-state index is 10.6. The molecule has 1 aromatic rings. The summed E-state index contributed by atoms with van der Waals surface area (Å²) in [5.74, 6) is -4.12. The van der Waals surface area contributed by atoms with Crippen LogP contribution in [0.5, 0.6) is 0 Å². The van der Waals surface area contributed by atoms with E-state index in [0.717, 1.165) is 18.2 Å². The molecule has 0 aromatic heterocycles. The third kappa shape index (κ3) is 4.64. The van der Waals surface area contributed by atoms with E-state index in [-0.39, 0.29) is 52.9 Å². The monoisotopic (exact) mass is 333 g/mol. The number of aromatic carboxylic acids is 3. The summed E-state index contributed by atoms with van der Waals surface area (Å²) in [6, 6.07) is 2.70. The summed E-state index contributed by atoms with van der Waals surface area (Å²) in [6.07, 6.45) is 0. The Morgan fingerprint density at radius 3 is 1.00 bits per heavy atom. The van der Waals surface area contributed by atoms with Gasteiger partial charge in [0.1, 0.15) is 0 Å². The van der Waals surface area contributed by atoms with Gasteiger partial charge in [-0.25, -0.2) is 14.4 Å². The molecular weight excluding hydrogens is 328 g/mol. The number of rotatable bonds is 3. The Morgan fingerprint density at radius 1 is 0.706 bits per heavy atom. The van der Waals surface area contributed by atoms with Crippen LogP contribution in [0.1, 0.15) is 31.1 Å². The van der Waals surface area contributed by atoms with Crippen molar-refractivity contribution < 1.29 is 66.0 Å². The molecule has 0 heterocycles. The van der Waals surface area contributed by atoms with E-state index >= 15 is 0 Å². The van der Waals surface area contributed by atoms with Crippen molar-refractivity contribution in [3.05, 3.63) is 34.9 Å². The molecule has 0 aliphatic carbocycles. The van der Waals surface area contributed by atoms with Crippen LogP contribution >= 0.6 is 0 Å². The van der Waals surface area contributed by atoms with Gasteiger partial charge in [-0.1, -0.05) is 0 Å².